The van der Waals surface area contributed by atoms with E-state index in [-0.39, 0.29) is 0 Å². The molecule has 2 heterocycles. The van der Waals surface area contributed by atoms with Gasteiger partial charge in [-0.05, 0) is 63.7 Å². The molecular formula is C46H27N3. The second kappa shape index (κ2) is 10.6. The van der Waals surface area contributed by atoms with E-state index in [1.165, 1.54) is 27.1 Å². The molecule has 0 fully saturated rings. The molecule has 0 unspecified atom stereocenters. The zero-order chi connectivity index (χ0) is 32.5. The number of hydrogen-bond donors (Lipinski definition) is 0. The molecule has 10 rings (SSSR count). The minimum Gasteiger partial charge on any atom is -0.311 e. The van der Waals surface area contributed by atoms with Crippen LogP contribution >= 0.6 is 0 Å². The normalized spacial score (nSPS) is 11.7. The van der Waals surface area contributed by atoms with E-state index in [1.54, 1.807) is 0 Å². The third-order valence-electron chi connectivity index (χ3n) is 9.94. The second-order valence-electron chi connectivity index (χ2n) is 12.6. The third kappa shape index (κ3) is 4.11. The number of benzene rings is 8. The summed E-state index contributed by atoms with van der Waals surface area (Å²) in [6.07, 6.45) is 0. The lowest BCUT2D eigenvalue weighted by atomic mass is 9.89. The highest BCUT2D eigenvalue weighted by Gasteiger charge is 2.19. The topological polar surface area (TPSA) is 22.2 Å². The molecule has 3 heteroatoms. The Hall–Kier alpha value is -6.76. The van der Waals surface area contributed by atoms with Crippen molar-refractivity contribution in [3.63, 3.8) is 0 Å². The quantitative estimate of drug-likeness (QED) is 0.142. The van der Waals surface area contributed by atoms with Crippen molar-refractivity contribution >= 4 is 70.7 Å². The zero-order valence-electron chi connectivity index (χ0n) is 26.4. The van der Waals surface area contributed by atoms with Gasteiger partial charge in [0.15, 0.2) is 5.69 Å². The first kappa shape index (κ1) is 27.4. The molecule has 0 radical (unpaired) electrons. The van der Waals surface area contributed by atoms with E-state index < -0.39 is 0 Å². The molecule has 0 aliphatic carbocycles. The smallest absolute Gasteiger partial charge is 0.189 e. The second-order valence-corrected chi connectivity index (χ2v) is 12.6. The number of rotatable bonds is 3. The van der Waals surface area contributed by atoms with Crippen molar-refractivity contribution in [1.82, 2.24) is 9.55 Å². The Morgan fingerprint density at radius 1 is 0.469 bits per heavy atom. The first-order valence-corrected chi connectivity index (χ1v) is 16.5. The Morgan fingerprint density at radius 2 is 1.18 bits per heavy atom. The molecule has 0 saturated heterocycles. The van der Waals surface area contributed by atoms with Gasteiger partial charge in [0.05, 0.1) is 23.3 Å². The minimum absolute atomic E-state index is 0.634. The van der Waals surface area contributed by atoms with Crippen LogP contribution in [0.4, 0.5) is 5.69 Å². The predicted octanol–water partition coefficient (Wildman–Crippen LogP) is 12.7. The van der Waals surface area contributed by atoms with E-state index in [9.17, 15) is 0 Å². The summed E-state index contributed by atoms with van der Waals surface area (Å²) >= 11 is 0. The number of aromatic nitrogens is 2. The summed E-state index contributed by atoms with van der Waals surface area (Å²) in [6, 6.07) is 58.0. The van der Waals surface area contributed by atoms with Crippen molar-refractivity contribution in [2.45, 2.75) is 0 Å². The van der Waals surface area contributed by atoms with Crippen LogP contribution in [0.3, 0.4) is 0 Å². The fraction of sp³-hybridized carbons (Fsp3) is 0. The number of para-hydroxylation sites is 1. The molecule has 0 aliphatic heterocycles. The van der Waals surface area contributed by atoms with Crippen molar-refractivity contribution in [2.75, 3.05) is 0 Å². The maximum atomic E-state index is 7.70. The van der Waals surface area contributed by atoms with Crippen LogP contribution in [0.5, 0.6) is 0 Å². The van der Waals surface area contributed by atoms with Gasteiger partial charge in [0, 0.05) is 49.1 Å². The Labute approximate surface area is 282 Å². The van der Waals surface area contributed by atoms with E-state index in [2.05, 4.69) is 155 Å². The van der Waals surface area contributed by atoms with Gasteiger partial charge in [-0.2, -0.15) is 0 Å². The van der Waals surface area contributed by atoms with Crippen LogP contribution in [0, 0.1) is 6.57 Å². The molecule has 0 saturated carbocycles. The summed E-state index contributed by atoms with van der Waals surface area (Å²) in [5.74, 6) is 0. The van der Waals surface area contributed by atoms with Crippen LogP contribution in [0.15, 0.2) is 164 Å². The highest BCUT2D eigenvalue weighted by Crippen LogP contribution is 2.44. The molecule has 49 heavy (non-hydrogen) atoms. The average molecular weight is 622 g/mol. The Morgan fingerprint density at radius 3 is 2.00 bits per heavy atom. The molecule has 0 atom stereocenters. The molecular weight excluding hydrogens is 595 g/mol. The molecule has 0 amide bonds. The molecule has 0 N–H and O–H groups in total. The van der Waals surface area contributed by atoms with E-state index in [0.29, 0.717) is 5.69 Å². The maximum absolute atomic E-state index is 7.70. The molecule has 10 aromatic rings. The van der Waals surface area contributed by atoms with Gasteiger partial charge in [-0.15, -0.1) is 0 Å². The van der Waals surface area contributed by atoms with Crippen molar-refractivity contribution in [3.8, 4) is 28.1 Å². The third-order valence-corrected chi connectivity index (χ3v) is 9.94. The first-order chi connectivity index (χ1) is 24.3. The van der Waals surface area contributed by atoms with Crippen LogP contribution in [-0.4, -0.2) is 9.55 Å². The lowest BCUT2D eigenvalue weighted by Gasteiger charge is -2.17. The van der Waals surface area contributed by atoms with Crippen LogP contribution in [0.2, 0.25) is 0 Å². The summed E-state index contributed by atoms with van der Waals surface area (Å²) < 4.78 is 2.27. The lowest BCUT2D eigenvalue weighted by Crippen LogP contribution is -1.94. The van der Waals surface area contributed by atoms with Crippen molar-refractivity contribution in [2.24, 2.45) is 0 Å². The van der Waals surface area contributed by atoms with Crippen molar-refractivity contribution in [1.29, 1.82) is 0 Å². The summed E-state index contributed by atoms with van der Waals surface area (Å²) in [4.78, 5) is 9.22. The van der Waals surface area contributed by atoms with Gasteiger partial charge >= 0.3 is 0 Å². The Kier molecular flexibility index (Phi) is 5.94. The van der Waals surface area contributed by atoms with Gasteiger partial charge < -0.3 is 4.57 Å². The number of nitrogens with zero attached hydrogens (tertiary/aromatic N) is 3. The van der Waals surface area contributed by atoms with Crippen LogP contribution in [0.25, 0.3) is 97.9 Å². The number of hydrogen-bond acceptors (Lipinski definition) is 1. The molecule has 0 spiro atoms. The first-order valence-electron chi connectivity index (χ1n) is 16.5. The van der Waals surface area contributed by atoms with Crippen molar-refractivity contribution in [3.05, 3.63) is 175 Å². The van der Waals surface area contributed by atoms with Crippen LogP contribution < -0.4 is 0 Å². The SMILES string of the molecule is [C-]#[N+]c1ccc2c3cc(-c4cc5c(-c6ccccc6)nc6c7ccccc7ccc6c5c5ccccc45)ccc3n(-c3ccccc3)c2c1. The standard InChI is InChI=1S/C46H27N3/c1-47-32-22-24-36-40-26-31(21-25-42(40)49(43(36)27-32)33-15-6-3-7-16-33)39-28-41-44(37-19-11-10-18-35(37)39)38-23-20-29-12-8-9-17-34(29)46(38)48-45(41)30-13-4-2-5-14-30/h2-28H. The molecule has 0 bridgehead atoms. The Balaban J connectivity index is 1.33. The number of pyridine rings is 1. The summed E-state index contributed by atoms with van der Waals surface area (Å²) in [5, 5.41) is 10.6. The summed E-state index contributed by atoms with van der Waals surface area (Å²) in [6.45, 7) is 7.70. The molecule has 3 nitrogen and oxygen atoms in total. The predicted molar refractivity (Wildman–Crippen MR) is 206 cm³/mol. The minimum atomic E-state index is 0.634. The Bertz CT molecular complexity index is 2990. The summed E-state index contributed by atoms with van der Waals surface area (Å²) in [5.41, 5.74) is 9.27. The largest absolute Gasteiger partial charge is 0.311 e. The van der Waals surface area contributed by atoms with Gasteiger partial charge in [0.25, 0.3) is 0 Å². The van der Waals surface area contributed by atoms with Crippen LogP contribution in [0.1, 0.15) is 0 Å². The summed E-state index contributed by atoms with van der Waals surface area (Å²) in [7, 11) is 0. The van der Waals surface area contributed by atoms with Gasteiger partial charge in [0.2, 0.25) is 0 Å². The van der Waals surface area contributed by atoms with E-state index in [1.807, 2.05) is 18.2 Å². The van der Waals surface area contributed by atoms with E-state index >= 15 is 0 Å². The van der Waals surface area contributed by atoms with E-state index in [0.717, 1.165) is 66.0 Å². The van der Waals surface area contributed by atoms with Gasteiger partial charge in [-0.25, -0.2) is 9.83 Å². The molecule has 2 aromatic heterocycles. The van der Waals surface area contributed by atoms with Crippen LogP contribution in [-0.2, 0) is 0 Å². The fourth-order valence-corrected chi connectivity index (χ4v) is 7.76. The molecule has 0 aliphatic rings. The van der Waals surface area contributed by atoms with Gasteiger partial charge in [-0.1, -0.05) is 127 Å². The lowest BCUT2D eigenvalue weighted by molar-refractivity contribution is 1.18. The highest BCUT2D eigenvalue weighted by atomic mass is 15.0. The average Bonchev–Trinajstić information content (AvgIpc) is 3.50. The zero-order valence-corrected chi connectivity index (χ0v) is 26.4. The fourth-order valence-electron chi connectivity index (χ4n) is 7.76. The van der Waals surface area contributed by atoms with E-state index in [4.69, 9.17) is 11.6 Å². The van der Waals surface area contributed by atoms with Gasteiger partial charge in [0.1, 0.15) is 0 Å². The molecule has 8 aromatic carbocycles. The van der Waals surface area contributed by atoms with Gasteiger partial charge in [-0.3, -0.25) is 0 Å². The highest BCUT2D eigenvalue weighted by molar-refractivity contribution is 6.28. The maximum Gasteiger partial charge on any atom is 0.189 e. The molecule has 226 valence electrons. The monoisotopic (exact) mass is 621 g/mol. The van der Waals surface area contributed by atoms with Crippen molar-refractivity contribution < 1.29 is 0 Å². The number of fused-ring (bicyclic) bond motifs is 10.